The monoisotopic (exact) mass is 374 g/mol. The van der Waals surface area contributed by atoms with E-state index in [1.54, 1.807) is 6.08 Å². The molecule has 4 nitrogen and oxygen atoms in total. The first kappa shape index (κ1) is 18.4. The first-order chi connectivity index (χ1) is 13.5. The van der Waals surface area contributed by atoms with Gasteiger partial charge in [0.25, 0.3) is 0 Å². The zero-order valence-corrected chi connectivity index (χ0v) is 16.4. The van der Waals surface area contributed by atoms with Gasteiger partial charge in [-0.15, -0.1) is 0 Å². The van der Waals surface area contributed by atoms with Gasteiger partial charge in [-0.25, -0.2) is 0 Å². The number of carbonyl (C=O) groups is 1. The lowest BCUT2D eigenvalue weighted by atomic mass is 9.74. The quantitative estimate of drug-likeness (QED) is 0.795. The van der Waals surface area contributed by atoms with Crippen molar-refractivity contribution >= 4 is 17.7 Å². The van der Waals surface area contributed by atoms with Crippen molar-refractivity contribution in [1.82, 2.24) is 5.32 Å². The van der Waals surface area contributed by atoms with Gasteiger partial charge >= 0.3 is 0 Å². The summed E-state index contributed by atoms with van der Waals surface area (Å²) in [6.45, 7) is 9.27. The van der Waals surface area contributed by atoms with Crippen LogP contribution in [0.2, 0.25) is 0 Å². The number of rotatable bonds is 5. The fourth-order valence-electron chi connectivity index (χ4n) is 4.43. The van der Waals surface area contributed by atoms with Gasteiger partial charge in [-0.3, -0.25) is 4.79 Å². The van der Waals surface area contributed by atoms with E-state index in [4.69, 9.17) is 4.74 Å². The summed E-state index contributed by atoms with van der Waals surface area (Å²) in [6, 6.07) is 16.4. The third kappa shape index (κ3) is 2.71. The number of nitrogens with zero attached hydrogens (tertiary/aromatic N) is 1. The van der Waals surface area contributed by atoms with E-state index in [0.29, 0.717) is 19.6 Å². The van der Waals surface area contributed by atoms with Gasteiger partial charge in [0.2, 0.25) is 5.91 Å². The van der Waals surface area contributed by atoms with Crippen molar-refractivity contribution in [3.63, 3.8) is 0 Å². The SMILES string of the molecule is C=CCOc1ccccc1/C=C/C12NC(=O)CCN1c1ccccc1C2(C)C. The average molecular weight is 374 g/mol. The molecule has 0 spiro atoms. The van der Waals surface area contributed by atoms with Crippen molar-refractivity contribution in [2.24, 2.45) is 0 Å². The molecule has 2 aliphatic heterocycles. The van der Waals surface area contributed by atoms with E-state index in [-0.39, 0.29) is 11.3 Å². The minimum atomic E-state index is -0.614. The molecule has 0 aromatic heterocycles. The van der Waals surface area contributed by atoms with E-state index in [0.717, 1.165) is 11.3 Å². The Balaban J connectivity index is 1.79. The van der Waals surface area contributed by atoms with E-state index in [2.05, 4.69) is 67.1 Å². The summed E-state index contributed by atoms with van der Waals surface area (Å²) in [5.74, 6) is 0.884. The van der Waals surface area contributed by atoms with Crippen LogP contribution in [-0.4, -0.2) is 24.7 Å². The number of carbonyl (C=O) groups excluding carboxylic acids is 1. The Kier molecular flexibility index (Phi) is 4.50. The number of hydrogen-bond donors (Lipinski definition) is 1. The summed E-state index contributed by atoms with van der Waals surface area (Å²) in [5, 5.41) is 3.31. The molecule has 1 saturated heterocycles. The van der Waals surface area contributed by atoms with Gasteiger partial charge < -0.3 is 15.0 Å². The molecule has 28 heavy (non-hydrogen) atoms. The maximum absolute atomic E-state index is 12.5. The first-order valence-electron chi connectivity index (χ1n) is 9.70. The number of benzene rings is 2. The highest BCUT2D eigenvalue weighted by atomic mass is 16.5. The molecule has 1 atom stereocenters. The Morgan fingerprint density at radius 2 is 1.93 bits per heavy atom. The van der Waals surface area contributed by atoms with Crippen molar-refractivity contribution in [3.05, 3.63) is 78.4 Å². The molecule has 4 heteroatoms. The second-order valence-electron chi connectivity index (χ2n) is 7.83. The molecule has 1 unspecified atom stereocenters. The molecule has 144 valence electrons. The number of amides is 1. The van der Waals surface area contributed by atoms with E-state index in [1.807, 2.05) is 24.3 Å². The maximum Gasteiger partial charge on any atom is 0.223 e. The second kappa shape index (κ2) is 6.86. The molecule has 2 aromatic rings. The molecule has 0 aliphatic carbocycles. The average Bonchev–Trinajstić information content (AvgIpc) is 2.89. The van der Waals surface area contributed by atoms with Crippen LogP contribution in [0.15, 0.2) is 67.3 Å². The lowest BCUT2D eigenvalue weighted by Crippen LogP contribution is -2.68. The van der Waals surface area contributed by atoms with Gasteiger partial charge in [0, 0.05) is 29.6 Å². The van der Waals surface area contributed by atoms with Crippen molar-refractivity contribution in [1.29, 1.82) is 0 Å². The van der Waals surface area contributed by atoms with Crippen LogP contribution in [0.3, 0.4) is 0 Å². The second-order valence-corrected chi connectivity index (χ2v) is 7.83. The Hall–Kier alpha value is -3.01. The van der Waals surface area contributed by atoms with Crippen LogP contribution in [-0.2, 0) is 10.2 Å². The van der Waals surface area contributed by atoms with Crippen LogP contribution in [0.4, 0.5) is 5.69 Å². The van der Waals surface area contributed by atoms with Gasteiger partial charge in [-0.1, -0.05) is 69.0 Å². The Morgan fingerprint density at radius 3 is 2.75 bits per heavy atom. The van der Waals surface area contributed by atoms with Gasteiger partial charge in [-0.2, -0.15) is 0 Å². The molecule has 2 aliphatic rings. The fourth-order valence-corrected chi connectivity index (χ4v) is 4.43. The van der Waals surface area contributed by atoms with Crippen LogP contribution in [0.5, 0.6) is 5.75 Å². The third-order valence-electron chi connectivity index (χ3n) is 5.92. The number of para-hydroxylation sites is 2. The molecular formula is C24H26N2O2. The van der Waals surface area contributed by atoms with Gasteiger partial charge in [-0.05, 0) is 23.8 Å². The zero-order chi connectivity index (χ0) is 19.8. The molecule has 4 rings (SSSR count). The van der Waals surface area contributed by atoms with Crippen LogP contribution < -0.4 is 15.0 Å². The predicted octanol–water partition coefficient (Wildman–Crippen LogP) is 4.28. The van der Waals surface area contributed by atoms with Crippen LogP contribution in [0, 0.1) is 0 Å². The summed E-state index contributed by atoms with van der Waals surface area (Å²) in [5.41, 5.74) is 2.52. The standard InChI is InChI=1S/C24H26N2O2/c1-4-17-28-21-12-8-5-9-18(21)13-15-24-23(2,3)19-10-6-7-11-20(19)26(24)16-14-22(27)25-24/h4-13,15H,1,14,16-17H2,2-3H3,(H,25,27)/b15-13+. The summed E-state index contributed by atoms with van der Waals surface area (Å²) in [6.07, 6.45) is 6.42. The largest absolute Gasteiger partial charge is 0.489 e. The van der Waals surface area contributed by atoms with E-state index in [9.17, 15) is 4.79 Å². The highest BCUT2D eigenvalue weighted by Gasteiger charge is 2.57. The van der Waals surface area contributed by atoms with Gasteiger partial charge in [0.15, 0.2) is 0 Å². The lowest BCUT2D eigenvalue weighted by molar-refractivity contribution is -0.124. The summed E-state index contributed by atoms with van der Waals surface area (Å²) in [7, 11) is 0. The summed E-state index contributed by atoms with van der Waals surface area (Å²) in [4.78, 5) is 14.8. The molecular weight excluding hydrogens is 348 g/mol. The highest BCUT2D eigenvalue weighted by molar-refractivity contribution is 5.84. The highest BCUT2D eigenvalue weighted by Crippen LogP contribution is 2.52. The predicted molar refractivity (Wildman–Crippen MR) is 113 cm³/mol. The van der Waals surface area contributed by atoms with Crippen LogP contribution in [0.1, 0.15) is 31.4 Å². The van der Waals surface area contributed by atoms with Gasteiger partial charge in [0.05, 0.1) is 0 Å². The number of fused-ring (bicyclic) bond motifs is 3. The Labute approximate surface area is 166 Å². The lowest BCUT2D eigenvalue weighted by Gasteiger charge is -2.49. The molecule has 0 saturated carbocycles. The minimum absolute atomic E-state index is 0.0815. The number of nitrogens with one attached hydrogen (secondary N) is 1. The van der Waals surface area contributed by atoms with E-state index in [1.165, 1.54) is 11.3 Å². The normalized spacial score (nSPS) is 22.5. The summed E-state index contributed by atoms with van der Waals surface area (Å²) < 4.78 is 5.80. The van der Waals surface area contributed by atoms with Crippen molar-refractivity contribution in [2.45, 2.75) is 31.3 Å². The van der Waals surface area contributed by atoms with Crippen LogP contribution >= 0.6 is 0 Å². The molecule has 0 radical (unpaired) electrons. The molecule has 1 amide bonds. The third-order valence-corrected chi connectivity index (χ3v) is 5.92. The summed E-state index contributed by atoms with van der Waals surface area (Å²) >= 11 is 0. The van der Waals surface area contributed by atoms with Crippen LogP contribution in [0.25, 0.3) is 6.08 Å². The minimum Gasteiger partial charge on any atom is -0.489 e. The zero-order valence-electron chi connectivity index (χ0n) is 16.4. The number of ether oxygens (including phenoxy) is 1. The fraction of sp³-hybridized carbons (Fsp3) is 0.292. The van der Waals surface area contributed by atoms with Crippen molar-refractivity contribution in [3.8, 4) is 5.75 Å². The molecule has 0 bridgehead atoms. The maximum atomic E-state index is 12.5. The Morgan fingerprint density at radius 1 is 1.18 bits per heavy atom. The van der Waals surface area contributed by atoms with Gasteiger partial charge in [0.1, 0.15) is 18.0 Å². The van der Waals surface area contributed by atoms with E-state index >= 15 is 0 Å². The number of anilines is 1. The molecule has 2 aromatic carbocycles. The molecule has 1 N–H and O–H groups in total. The Bertz CT molecular complexity index is 947. The van der Waals surface area contributed by atoms with Crippen molar-refractivity contribution < 1.29 is 9.53 Å². The molecule has 2 heterocycles. The first-order valence-corrected chi connectivity index (χ1v) is 9.70. The topological polar surface area (TPSA) is 41.6 Å². The number of hydrogen-bond acceptors (Lipinski definition) is 3. The smallest absolute Gasteiger partial charge is 0.223 e. The van der Waals surface area contributed by atoms with Crippen molar-refractivity contribution in [2.75, 3.05) is 18.1 Å². The molecule has 1 fully saturated rings. The van der Waals surface area contributed by atoms with E-state index < -0.39 is 5.66 Å².